The number of methoxy groups -OCH3 is 1. The molecule has 0 aromatic carbocycles. The van der Waals surface area contributed by atoms with E-state index >= 15 is 0 Å². The summed E-state index contributed by atoms with van der Waals surface area (Å²) in [6.07, 6.45) is -8.31. The molecule has 1 aliphatic rings. The predicted octanol–water partition coefficient (Wildman–Crippen LogP) is -1.25. The quantitative estimate of drug-likeness (QED) is 0.245. The number of rotatable bonds is 10. The van der Waals surface area contributed by atoms with Gasteiger partial charge in [-0.05, 0) is 6.92 Å². The van der Waals surface area contributed by atoms with Gasteiger partial charge < -0.3 is 33.2 Å². The molecule has 17 heteroatoms. The molecule has 17 nitrogen and oxygen atoms in total. The van der Waals surface area contributed by atoms with E-state index in [1.807, 2.05) is 4.98 Å². The highest BCUT2D eigenvalue weighted by Gasteiger charge is 2.60. The van der Waals surface area contributed by atoms with Gasteiger partial charge in [-0.2, -0.15) is 0 Å². The molecule has 42 heavy (non-hydrogen) atoms. The minimum absolute atomic E-state index is 0.0478. The zero-order valence-electron chi connectivity index (χ0n) is 23.9. The van der Waals surface area contributed by atoms with Crippen molar-refractivity contribution in [2.75, 3.05) is 13.7 Å². The van der Waals surface area contributed by atoms with Gasteiger partial charge in [0.1, 0.15) is 18.8 Å². The Kier molecular flexibility index (Phi) is 11.1. The molecule has 1 fully saturated rings. The first-order chi connectivity index (χ1) is 19.5. The van der Waals surface area contributed by atoms with Gasteiger partial charge >= 0.3 is 41.5 Å². The number of ether oxygens (including phenoxy) is 7. The molecule has 0 saturated carbocycles. The monoisotopic (exact) mass is 600 g/mol. The lowest BCUT2D eigenvalue weighted by molar-refractivity contribution is -0.287. The van der Waals surface area contributed by atoms with E-state index in [9.17, 15) is 38.4 Å². The zero-order chi connectivity index (χ0) is 31.9. The second-order valence-corrected chi connectivity index (χ2v) is 9.25. The number of carbonyl (C=O) groups excluding carboxylic acids is 6. The standard InChI is InChI=1S/C25H32N2O15/c1-11-9-27(24(35)26-22(11)33)25(23(34)36-7)8-17(38-13(3)29)19(40-15(5)31)21(42-25)20(41-16(6)32)18(39-14(4)30)10-37-12(2)28/h9,17-21H,8,10H2,1-7H3,(H,26,33,35)/t17-,18+,19+,20-,21+,25+/m0/s1. The van der Waals surface area contributed by atoms with E-state index in [4.69, 9.17) is 33.2 Å². The Bertz CT molecular complexity index is 1350. The molecule has 232 valence electrons. The number of H-pyrrole nitrogens is 1. The molecule has 0 aliphatic carbocycles. The Balaban J connectivity index is 2.95. The molecule has 2 heterocycles. The fourth-order valence-corrected chi connectivity index (χ4v) is 4.39. The van der Waals surface area contributed by atoms with Crippen LogP contribution in [0, 0.1) is 6.92 Å². The van der Waals surface area contributed by atoms with Crippen molar-refractivity contribution >= 4 is 35.8 Å². The highest BCUT2D eigenvalue weighted by molar-refractivity contribution is 5.78. The lowest BCUT2D eigenvalue weighted by atomic mass is 9.88. The first kappa shape index (κ1) is 33.7. The van der Waals surface area contributed by atoms with Gasteiger partial charge in [-0.1, -0.05) is 0 Å². The summed E-state index contributed by atoms with van der Waals surface area (Å²) in [5, 5.41) is 0. The number of carbonyl (C=O) groups is 6. The third-order valence-corrected chi connectivity index (χ3v) is 5.89. The number of esters is 6. The van der Waals surface area contributed by atoms with Gasteiger partial charge in [-0.15, -0.1) is 0 Å². The van der Waals surface area contributed by atoms with Crippen LogP contribution in [0.1, 0.15) is 46.6 Å². The molecule has 0 radical (unpaired) electrons. The second kappa shape index (κ2) is 13.9. The van der Waals surface area contributed by atoms with E-state index in [0.717, 1.165) is 47.9 Å². The van der Waals surface area contributed by atoms with Crippen molar-refractivity contribution in [2.45, 2.75) is 84.2 Å². The van der Waals surface area contributed by atoms with Crippen molar-refractivity contribution in [2.24, 2.45) is 0 Å². The number of hydrogen-bond donors (Lipinski definition) is 1. The van der Waals surface area contributed by atoms with E-state index in [1.54, 1.807) is 0 Å². The number of aromatic amines is 1. The summed E-state index contributed by atoms with van der Waals surface area (Å²) in [6.45, 7) is 5.65. The molecule has 1 aromatic heterocycles. The smallest absolute Gasteiger partial charge is 0.360 e. The Morgan fingerprint density at radius 3 is 2.05 bits per heavy atom. The third-order valence-electron chi connectivity index (χ3n) is 5.89. The van der Waals surface area contributed by atoms with Gasteiger partial charge in [-0.3, -0.25) is 38.3 Å². The number of aryl methyl sites for hydroxylation is 1. The van der Waals surface area contributed by atoms with E-state index in [-0.39, 0.29) is 5.56 Å². The summed E-state index contributed by atoms with van der Waals surface area (Å²) >= 11 is 0. The highest BCUT2D eigenvalue weighted by atomic mass is 16.7. The van der Waals surface area contributed by atoms with Crippen molar-refractivity contribution < 1.29 is 61.9 Å². The number of nitrogens with zero attached hydrogens (tertiary/aromatic N) is 1. The summed E-state index contributed by atoms with van der Waals surface area (Å²) in [4.78, 5) is 101. The third kappa shape index (κ3) is 8.02. The topological polar surface area (TPSA) is 222 Å². The van der Waals surface area contributed by atoms with Crippen LogP contribution < -0.4 is 11.2 Å². The summed E-state index contributed by atoms with van der Waals surface area (Å²) in [5.74, 6) is -5.81. The highest BCUT2D eigenvalue weighted by Crippen LogP contribution is 2.39. The molecular weight excluding hydrogens is 568 g/mol. The van der Waals surface area contributed by atoms with Crippen LogP contribution in [0.25, 0.3) is 0 Å². The van der Waals surface area contributed by atoms with Gasteiger partial charge in [-0.25, -0.2) is 9.59 Å². The molecule has 0 bridgehead atoms. The first-order valence-corrected chi connectivity index (χ1v) is 12.4. The lowest BCUT2D eigenvalue weighted by Gasteiger charge is -2.48. The molecule has 1 N–H and O–H groups in total. The predicted molar refractivity (Wildman–Crippen MR) is 134 cm³/mol. The molecule has 0 amide bonds. The summed E-state index contributed by atoms with van der Waals surface area (Å²) < 4.78 is 38.2. The number of hydrogen-bond acceptors (Lipinski definition) is 15. The van der Waals surface area contributed by atoms with Gasteiger partial charge in [0.05, 0.1) is 7.11 Å². The van der Waals surface area contributed by atoms with E-state index in [1.165, 1.54) is 6.92 Å². The maximum absolute atomic E-state index is 13.4. The second-order valence-electron chi connectivity index (χ2n) is 9.25. The average molecular weight is 601 g/mol. The normalized spacial score (nSPS) is 23.0. The van der Waals surface area contributed by atoms with Gasteiger partial charge in [0, 0.05) is 52.8 Å². The largest absolute Gasteiger partial charge is 0.465 e. The van der Waals surface area contributed by atoms with E-state index < -0.39 is 96.3 Å². The van der Waals surface area contributed by atoms with Crippen LogP contribution >= 0.6 is 0 Å². The Labute approximate surface area is 238 Å². The van der Waals surface area contributed by atoms with Crippen LogP contribution in [0.5, 0.6) is 0 Å². The van der Waals surface area contributed by atoms with Crippen molar-refractivity contribution in [3.8, 4) is 0 Å². The summed E-state index contributed by atoms with van der Waals surface area (Å²) in [6, 6.07) is 0. The zero-order valence-corrected chi connectivity index (χ0v) is 23.9. The summed E-state index contributed by atoms with van der Waals surface area (Å²) in [5.41, 5.74) is -4.54. The number of aromatic nitrogens is 2. The maximum Gasteiger partial charge on any atom is 0.360 e. The SMILES string of the molecule is COC(=O)[C@@]1(n2cc(C)c(=O)[nH]c2=O)C[C@H](OC(C)=O)[C@@H](OC(C)=O)[C@H]([C@@H](OC(C)=O)[C@@H](COC(C)=O)OC(C)=O)O1. The molecule has 1 aromatic rings. The van der Waals surface area contributed by atoms with Crippen molar-refractivity contribution in [3.63, 3.8) is 0 Å². The van der Waals surface area contributed by atoms with Crippen LogP contribution in [-0.4, -0.2) is 89.6 Å². The molecule has 6 atom stereocenters. The van der Waals surface area contributed by atoms with Crippen LogP contribution in [-0.2, 0) is 67.7 Å². The van der Waals surface area contributed by atoms with Crippen molar-refractivity contribution in [3.05, 3.63) is 32.6 Å². The minimum Gasteiger partial charge on any atom is -0.465 e. The fraction of sp³-hybridized carbons (Fsp3) is 0.600. The van der Waals surface area contributed by atoms with Crippen molar-refractivity contribution in [1.29, 1.82) is 0 Å². The fourth-order valence-electron chi connectivity index (χ4n) is 4.39. The average Bonchev–Trinajstić information content (AvgIpc) is 2.87. The van der Waals surface area contributed by atoms with Crippen LogP contribution in [0.4, 0.5) is 0 Å². The lowest BCUT2D eigenvalue weighted by Crippen LogP contribution is -2.67. The maximum atomic E-state index is 13.4. The van der Waals surface area contributed by atoms with E-state index in [0.29, 0.717) is 4.57 Å². The number of nitrogens with one attached hydrogen (secondary N) is 1. The Hall–Kier alpha value is -4.54. The van der Waals surface area contributed by atoms with Crippen molar-refractivity contribution in [1.82, 2.24) is 9.55 Å². The molecule has 2 rings (SSSR count). The Morgan fingerprint density at radius 2 is 1.55 bits per heavy atom. The van der Waals surface area contributed by atoms with Crippen LogP contribution in [0.3, 0.4) is 0 Å². The first-order valence-electron chi connectivity index (χ1n) is 12.4. The summed E-state index contributed by atoms with van der Waals surface area (Å²) in [7, 11) is 0.955. The molecular formula is C25H32N2O15. The Morgan fingerprint density at radius 1 is 0.952 bits per heavy atom. The van der Waals surface area contributed by atoms with Gasteiger partial charge in [0.15, 0.2) is 18.3 Å². The van der Waals surface area contributed by atoms with Crippen LogP contribution in [0.2, 0.25) is 0 Å². The molecule has 0 unspecified atom stereocenters. The van der Waals surface area contributed by atoms with Crippen LogP contribution in [0.15, 0.2) is 15.8 Å². The van der Waals surface area contributed by atoms with Gasteiger partial charge in [0.2, 0.25) is 0 Å². The molecule has 1 aliphatic heterocycles. The van der Waals surface area contributed by atoms with E-state index in [2.05, 4.69) is 0 Å². The molecule has 0 spiro atoms. The minimum atomic E-state index is -2.55. The molecule has 1 saturated heterocycles. The van der Waals surface area contributed by atoms with Gasteiger partial charge in [0.25, 0.3) is 11.3 Å².